The number of benzene rings is 2. The predicted octanol–water partition coefficient (Wildman–Crippen LogP) is 3.34. The number of thioether (sulfide) groups is 1. The van der Waals surface area contributed by atoms with Crippen molar-refractivity contribution in [3.05, 3.63) is 59.7 Å². The summed E-state index contributed by atoms with van der Waals surface area (Å²) in [5, 5.41) is 0. The van der Waals surface area contributed by atoms with Gasteiger partial charge in [-0.15, -0.1) is 11.8 Å². The number of carbonyl (C=O) groups is 2. The van der Waals surface area contributed by atoms with Gasteiger partial charge in [0.05, 0.1) is 11.9 Å². The molecule has 0 saturated carbocycles. The molecule has 0 aliphatic heterocycles. The Kier molecular flexibility index (Phi) is 6.89. The first kappa shape index (κ1) is 18.9. The van der Waals surface area contributed by atoms with Crippen LogP contribution in [0.5, 0.6) is 5.75 Å². The van der Waals surface area contributed by atoms with Gasteiger partial charge in [0.15, 0.2) is 0 Å². The number of nitrogens with one attached hydrogen (secondary N) is 2. The van der Waals surface area contributed by atoms with Gasteiger partial charge in [0.25, 0.3) is 5.91 Å². The lowest BCUT2D eigenvalue weighted by atomic mass is 10.2. The van der Waals surface area contributed by atoms with Crippen LogP contribution in [0.4, 0.5) is 0 Å². The van der Waals surface area contributed by atoms with Crippen LogP contribution in [0.15, 0.2) is 53.4 Å². The van der Waals surface area contributed by atoms with E-state index in [2.05, 4.69) is 10.9 Å². The topological polar surface area (TPSA) is 67.4 Å². The number of ether oxygens (including phenoxy) is 1. The van der Waals surface area contributed by atoms with E-state index >= 15 is 0 Å². The molecule has 0 radical (unpaired) electrons. The second-order valence-corrected chi connectivity index (χ2v) is 6.84. The highest BCUT2D eigenvalue weighted by Gasteiger charge is 2.08. The lowest BCUT2D eigenvalue weighted by Crippen LogP contribution is -2.42. The minimum absolute atomic E-state index is 0.0741. The summed E-state index contributed by atoms with van der Waals surface area (Å²) >= 11 is 1.41. The zero-order valence-electron chi connectivity index (χ0n) is 14.5. The molecule has 0 aliphatic rings. The van der Waals surface area contributed by atoms with E-state index in [9.17, 15) is 9.59 Å². The third kappa shape index (κ3) is 6.51. The van der Waals surface area contributed by atoms with Crippen LogP contribution in [0.2, 0.25) is 0 Å². The number of hydrazine groups is 1. The monoisotopic (exact) mass is 358 g/mol. The second kappa shape index (κ2) is 9.13. The van der Waals surface area contributed by atoms with Crippen LogP contribution in [0.1, 0.15) is 29.8 Å². The highest BCUT2D eigenvalue weighted by atomic mass is 32.2. The molecule has 25 heavy (non-hydrogen) atoms. The molecule has 2 amide bonds. The summed E-state index contributed by atoms with van der Waals surface area (Å²) < 4.78 is 5.52. The molecule has 6 heteroatoms. The number of hydrogen-bond acceptors (Lipinski definition) is 4. The lowest BCUT2D eigenvalue weighted by molar-refractivity contribution is -0.119. The maximum atomic E-state index is 12.0. The zero-order valence-corrected chi connectivity index (χ0v) is 15.4. The van der Waals surface area contributed by atoms with E-state index in [1.807, 2.05) is 45.0 Å². The van der Waals surface area contributed by atoms with Gasteiger partial charge in [0.1, 0.15) is 5.75 Å². The molecule has 0 spiro atoms. The Morgan fingerprint density at radius 1 is 1.00 bits per heavy atom. The van der Waals surface area contributed by atoms with Crippen LogP contribution < -0.4 is 15.6 Å². The number of hydrogen-bond donors (Lipinski definition) is 2. The van der Waals surface area contributed by atoms with Crippen molar-refractivity contribution >= 4 is 23.6 Å². The van der Waals surface area contributed by atoms with Gasteiger partial charge in [-0.2, -0.15) is 0 Å². The van der Waals surface area contributed by atoms with Crippen LogP contribution in [-0.2, 0) is 4.79 Å². The normalized spacial score (nSPS) is 10.4. The summed E-state index contributed by atoms with van der Waals surface area (Å²) in [6.07, 6.45) is 0.0741. The zero-order chi connectivity index (χ0) is 18.2. The van der Waals surface area contributed by atoms with Gasteiger partial charge in [-0.1, -0.05) is 17.7 Å². The van der Waals surface area contributed by atoms with Gasteiger partial charge in [-0.3, -0.25) is 20.4 Å². The van der Waals surface area contributed by atoms with Gasteiger partial charge in [0.2, 0.25) is 5.91 Å². The second-order valence-electron chi connectivity index (χ2n) is 5.80. The SMILES string of the molecule is Cc1ccc(SCC(=O)NNC(=O)c2ccc(OC(C)C)cc2)cc1. The van der Waals surface area contributed by atoms with E-state index in [1.54, 1.807) is 24.3 Å². The summed E-state index contributed by atoms with van der Waals surface area (Å²) in [6.45, 7) is 5.88. The molecular formula is C19H22N2O3S. The van der Waals surface area contributed by atoms with Crippen LogP contribution in [0, 0.1) is 6.92 Å². The fourth-order valence-corrected chi connectivity index (χ4v) is 2.67. The van der Waals surface area contributed by atoms with Gasteiger partial charge in [0, 0.05) is 10.5 Å². The van der Waals surface area contributed by atoms with Gasteiger partial charge >= 0.3 is 0 Å². The molecule has 0 aliphatic carbocycles. The first-order valence-corrected chi connectivity index (χ1v) is 8.98. The van der Waals surface area contributed by atoms with Crippen LogP contribution in [0.3, 0.4) is 0 Å². The molecule has 5 nitrogen and oxygen atoms in total. The standard InChI is InChI=1S/C19H22N2O3S/c1-13(2)24-16-8-6-15(7-9-16)19(23)21-20-18(22)12-25-17-10-4-14(3)5-11-17/h4-11,13H,12H2,1-3H3,(H,20,22)(H,21,23). The molecule has 0 fully saturated rings. The Balaban J connectivity index is 1.76. The van der Waals surface area contributed by atoms with Crippen molar-refractivity contribution < 1.29 is 14.3 Å². The third-order valence-electron chi connectivity index (χ3n) is 3.19. The molecule has 0 saturated heterocycles. The average Bonchev–Trinajstić information content (AvgIpc) is 2.59. The van der Waals surface area contributed by atoms with E-state index in [4.69, 9.17) is 4.74 Å². The molecule has 132 valence electrons. The molecule has 0 aromatic heterocycles. The summed E-state index contributed by atoms with van der Waals surface area (Å²) in [7, 11) is 0. The fourth-order valence-electron chi connectivity index (χ4n) is 1.98. The minimum atomic E-state index is -0.371. The molecule has 0 atom stereocenters. The number of carbonyl (C=O) groups excluding carboxylic acids is 2. The summed E-state index contributed by atoms with van der Waals surface area (Å²) in [6, 6.07) is 14.7. The average molecular weight is 358 g/mol. The van der Waals surface area contributed by atoms with E-state index in [-0.39, 0.29) is 23.7 Å². The van der Waals surface area contributed by atoms with Crippen molar-refractivity contribution in [2.75, 3.05) is 5.75 Å². The van der Waals surface area contributed by atoms with Crippen molar-refractivity contribution in [1.29, 1.82) is 0 Å². The molecule has 2 rings (SSSR count). The molecule has 2 aromatic carbocycles. The summed E-state index contributed by atoms with van der Waals surface area (Å²) in [5.41, 5.74) is 6.45. The largest absolute Gasteiger partial charge is 0.491 e. The molecule has 2 aromatic rings. The van der Waals surface area contributed by atoms with Crippen molar-refractivity contribution in [2.45, 2.75) is 31.8 Å². The van der Waals surface area contributed by atoms with E-state index in [1.165, 1.54) is 17.3 Å². The lowest BCUT2D eigenvalue weighted by Gasteiger charge is -2.10. The van der Waals surface area contributed by atoms with E-state index in [0.29, 0.717) is 11.3 Å². The summed E-state index contributed by atoms with van der Waals surface area (Å²) in [5.74, 6) is 0.290. The molecule has 2 N–H and O–H groups in total. The van der Waals surface area contributed by atoms with Crippen LogP contribution in [0.25, 0.3) is 0 Å². The molecule has 0 unspecified atom stereocenters. The first-order valence-electron chi connectivity index (χ1n) is 7.99. The smallest absolute Gasteiger partial charge is 0.269 e. The number of aryl methyl sites for hydroxylation is 1. The Labute approximate surface area is 152 Å². The van der Waals surface area contributed by atoms with Gasteiger partial charge in [-0.05, 0) is 57.2 Å². The summed E-state index contributed by atoms with van der Waals surface area (Å²) in [4.78, 5) is 24.9. The van der Waals surface area contributed by atoms with Gasteiger partial charge in [-0.25, -0.2) is 0 Å². The highest BCUT2D eigenvalue weighted by Crippen LogP contribution is 2.17. The molecular weight excluding hydrogens is 336 g/mol. The Bertz CT molecular complexity index is 712. The van der Waals surface area contributed by atoms with E-state index < -0.39 is 0 Å². The number of rotatable bonds is 6. The Morgan fingerprint density at radius 2 is 1.64 bits per heavy atom. The van der Waals surface area contributed by atoms with Gasteiger partial charge < -0.3 is 4.74 Å². The highest BCUT2D eigenvalue weighted by molar-refractivity contribution is 8.00. The maximum absolute atomic E-state index is 12.0. The number of amides is 2. The van der Waals surface area contributed by atoms with Crippen molar-refractivity contribution in [3.63, 3.8) is 0 Å². The molecule has 0 bridgehead atoms. The van der Waals surface area contributed by atoms with Crippen LogP contribution in [-0.4, -0.2) is 23.7 Å². The predicted molar refractivity (Wildman–Crippen MR) is 99.7 cm³/mol. The minimum Gasteiger partial charge on any atom is -0.491 e. The van der Waals surface area contributed by atoms with E-state index in [0.717, 1.165) is 4.90 Å². The van der Waals surface area contributed by atoms with Crippen LogP contribution >= 0.6 is 11.8 Å². The van der Waals surface area contributed by atoms with Crippen molar-refractivity contribution in [2.24, 2.45) is 0 Å². The first-order chi connectivity index (χ1) is 11.9. The molecule has 0 heterocycles. The van der Waals surface area contributed by atoms with Crippen molar-refractivity contribution in [1.82, 2.24) is 10.9 Å². The Hall–Kier alpha value is -2.47. The fraction of sp³-hybridized carbons (Fsp3) is 0.263. The van der Waals surface area contributed by atoms with Crippen molar-refractivity contribution in [3.8, 4) is 5.75 Å². The Morgan fingerprint density at radius 3 is 2.24 bits per heavy atom. The quantitative estimate of drug-likeness (QED) is 0.614. The maximum Gasteiger partial charge on any atom is 0.269 e. The third-order valence-corrected chi connectivity index (χ3v) is 4.21.